The van der Waals surface area contributed by atoms with E-state index in [-0.39, 0.29) is 12.4 Å². The Morgan fingerprint density at radius 3 is 2.71 bits per heavy atom. The molecule has 0 bridgehead atoms. The van der Waals surface area contributed by atoms with Crippen molar-refractivity contribution < 1.29 is 4.52 Å². The molecule has 0 aromatic carbocycles. The maximum atomic E-state index is 5.23. The molecule has 0 radical (unpaired) electrons. The zero-order valence-electron chi connectivity index (χ0n) is 14.1. The third kappa shape index (κ3) is 4.02. The van der Waals surface area contributed by atoms with Gasteiger partial charge in [-0.25, -0.2) is 0 Å². The Labute approximate surface area is 152 Å². The van der Waals surface area contributed by atoms with Gasteiger partial charge in [0.2, 0.25) is 0 Å². The van der Waals surface area contributed by atoms with Gasteiger partial charge in [-0.2, -0.15) is 0 Å². The van der Waals surface area contributed by atoms with Crippen molar-refractivity contribution in [1.82, 2.24) is 25.2 Å². The molecule has 1 saturated heterocycles. The standard InChI is InChI=1S/C16H23N5OS.ClH/c1-4-9-21-15(13-5-7-17-8-6-13)18-19-16(21)23-10-14-11(2)20-22-12(14)3;/h4,13,17H,1,5-10H2,2-3H3;1H. The monoisotopic (exact) mass is 369 g/mol. The molecule has 1 aliphatic heterocycles. The zero-order valence-corrected chi connectivity index (χ0v) is 15.8. The number of allylic oxidation sites excluding steroid dienone is 1. The first-order valence-corrected chi connectivity index (χ1v) is 8.98. The molecule has 1 N–H and O–H groups in total. The van der Waals surface area contributed by atoms with E-state index < -0.39 is 0 Å². The minimum absolute atomic E-state index is 0. The number of nitrogens with zero attached hydrogens (tertiary/aromatic N) is 4. The number of halogens is 1. The van der Waals surface area contributed by atoms with Crippen LogP contribution < -0.4 is 5.32 Å². The van der Waals surface area contributed by atoms with Gasteiger partial charge in [0.25, 0.3) is 0 Å². The fourth-order valence-corrected chi connectivity index (χ4v) is 4.04. The summed E-state index contributed by atoms with van der Waals surface area (Å²) in [5.74, 6) is 3.25. The summed E-state index contributed by atoms with van der Waals surface area (Å²) in [4.78, 5) is 0. The molecule has 1 aliphatic rings. The van der Waals surface area contributed by atoms with E-state index in [2.05, 4.69) is 31.8 Å². The van der Waals surface area contributed by atoms with Gasteiger partial charge < -0.3 is 14.4 Å². The third-order valence-corrected chi connectivity index (χ3v) is 5.28. The Morgan fingerprint density at radius 1 is 1.33 bits per heavy atom. The van der Waals surface area contributed by atoms with Crippen molar-refractivity contribution >= 4 is 24.2 Å². The average molecular weight is 370 g/mol. The van der Waals surface area contributed by atoms with Crippen LogP contribution in [0, 0.1) is 13.8 Å². The largest absolute Gasteiger partial charge is 0.361 e. The van der Waals surface area contributed by atoms with Gasteiger partial charge in [-0.1, -0.05) is 23.0 Å². The van der Waals surface area contributed by atoms with Crippen molar-refractivity contribution in [1.29, 1.82) is 0 Å². The van der Waals surface area contributed by atoms with Gasteiger partial charge in [-0.15, -0.1) is 29.2 Å². The molecule has 0 unspecified atom stereocenters. The summed E-state index contributed by atoms with van der Waals surface area (Å²) in [6, 6.07) is 0. The number of hydrogen-bond donors (Lipinski definition) is 1. The van der Waals surface area contributed by atoms with Crippen molar-refractivity contribution in [2.24, 2.45) is 0 Å². The van der Waals surface area contributed by atoms with Gasteiger partial charge in [0.1, 0.15) is 11.6 Å². The van der Waals surface area contributed by atoms with Crippen molar-refractivity contribution in [2.75, 3.05) is 13.1 Å². The van der Waals surface area contributed by atoms with Crippen LogP contribution in [0.25, 0.3) is 0 Å². The summed E-state index contributed by atoms with van der Waals surface area (Å²) in [6.45, 7) is 10.6. The SMILES string of the molecule is C=CCn1c(SCc2c(C)noc2C)nnc1C1CCNCC1.Cl. The Morgan fingerprint density at radius 2 is 2.08 bits per heavy atom. The van der Waals surface area contributed by atoms with Crippen molar-refractivity contribution in [3.63, 3.8) is 0 Å². The molecule has 1 fully saturated rings. The first-order chi connectivity index (χ1) is 11.2. The summed E-state index contributed by atoms with van der Waals surface area (Å²) in [6.07, 6.45) is 4.14. The molecule has 3 rings (SSSR count). The van der Waals surface area contributed by atoms with Gasteiger partial charge in [0.15, 0.2) is 5.16 Å². The molecule has 3 heterocycles. The maximum Gasteiger partial charge on any atom is 0.191 e. The molecule has 24 heavy (non-hydrogen) atoms. The summed E-state index contributed by atoms with van der Waals surface area (Å²) >= 11 is 1.68. The number of nitrogens with one attached hydrogen (secondary N) is 1. The van der Waals surface area contributed by atoms with E-state index in [1.807, 2.05) is 19.9 Å². The number of hydrogen-bond acceptors (Lipinski definition) is 6. The highest BCUT2D eigenvalue weighted by Gasteiger charge is 2.23. The molecule has 0 aliphatic carbocycles. The molecule has 0 saturated carbocycles. The number of thioether (sulfide) groups is 1. The second-order valence-electron chi connectivity index (χ2n) is 5.86. The van der Waals surface area contributed by atoms with Crippen LogP contribution >= 0.6 is 24.2 Å². The Balaban J connectivity index is 0.00000208. The topological polar surface area (TPSA) is 68.8 Å². The van der Waals surface area contributed by atoms with Crippen molar-refractivity contribution in [3.05, 3.63) is 35.5 Å². The molecule has 0 amide bonds. The number of piperidine rings is 1. The minimum atomic E-state index is 0. The quantitative estimate of drug-likeness (QED) is 0.622. The van der Waals surface area contributed by atoms with Crippen LogP contribution in [0.15, 0.2) is 22.3 Å². The Kier molecular flexibility index (Phi) is 6.89. The van der Waals surface area contributed by atoms with E-state index in [0.717, 1.165) is 66.2 Å². The Bertz CT molecular complexity index is 659. The van der Waals surface area contributed by atoms with E-state index in [4.69, 9.17) is 4.52 Å². The highest BCUT2D eigenvalue weighted by atomic mass is 35.5. The van der Waals surface area contributed by atoms with Crippen molar-refractivity contribution in [3.8, 4) is 0 Å². The van der Waals surface area contributed by atoms with E-state index >= 15 is 0 Å². The summed E-state index contributed by atoms with van der Waals surface area (Å²) in [7, 11) is 0. The lowest BCUT2D eigenvalue weighted by molar-refractivity contribution is 0.392. The average Bonchev–Trinajstić information content (AvgIpc) is 3.11. The summed E-state index contributed by atoms with van der Waals surface area (Å²) < 4.78 is 7.43. The second-order valence-corrected chi connectivity index (χ2v) is 6.80. The van der Waals surface area contributed by atoms with Gasteiger partial charge in [-0.3, -0.25) is 0 Å². The first-order valence-electron chi connectivity index (χ1n) is 8.00. The van der Waals surface area contributed by atoms with E-state index in [1.165, 1.54) is 0 Å². The lowest BCUT2D eigenvalue weighted by Crippen LogP contribution is -2.28. The lowest BCUT2D eigenvalue weighted by atomic mass is 9.97. The molecular weight excluding hydrogens is 346 g/mol. The van der Waals surface area contributed by atoms with Gasteiger partial charge in [0, 0.05) is 23.8 Å². The predicted molar refractivity (Wildman–Crippen MR) is 97.8 cm³/mol. The Hall–Kier alpha value is -1.31. The van der Waals surface area contributed by atoms with E-state index in [0.29, 0.717) is 5.92 Å². The molecule has 0 spiro atoms. The predicted octanol–water partition coefficient (Wildman–Crippen LogP) is 3.25. The van der Waals surface area contributed by atoms with Crippen LogP contribution in [0.1, 0.15) is 41.6 Å². The normalized spacial score (nSPS) is 15.2. The van der Waals surface area contributed by atoms with Crippen molar-refractivity contribution in [2.45, 2.75) is 50.1 Å². The maximum absolute atomic E-state index is 5.23. The van der Waals surface area contributed by atoms with Crippen LogP contribution in [-0.2, 0) is 12.3 Å². The van der Waals surface area contributed by atoms with Crippen LogP contribution in [-0.4, -0.2) is 33.0 Å². The molecule has 0 atom stereocenters. The van der Waals surface area contributed by atoms with Crippen LogP contribution in [0.5, 0.6) is 0 Å². The first kappa shape index (κ1) is 19.0. The van der Waals surface area contributed by atoms with E-state index in [9.17, 15) is 0 Å². The number of aryl methyl sites for hydroxylation is 2. The van der Waals surface area contributed by atoms with E-state index in [1.54, 1.807) is 11.8 Å². The lowest BCUT2D eigenvalue weighted by Gasteiger charge is -2.22. The molecule has 6 nitrogen and oxygen atoms in total. The highest BCUT2D eigenvalue weighted by Crippen LogP contribution is 2.30. The molecule has 2 aromatic heterocycles. The second kappa shape index (κ2) is 8.69. The van der Waals surface area contributed by atoms with Gasteiger partial charge in [-0.05, 0) is 39.8 Å². The summed E-state index contributed by atoms with van der Waals surface area (Å²) in [5.41, 5.74) is 2.09. The number of aromatic nitrogens is 4. The highest BCUT2D eigenvalue weighted by molar-refractivity contribution is 7.98. The number of rotatable bonds is 6. The van der Waals surface area contributed by atoms with Crippen LogP contribution in [0.3, 0.4) is 0 Å². The molecule has 2 aromatic rings. The fourth-order valence-electron chi connectivity index (χ4n) is 2.93. The summed E-state index contributed by atoms with van der Waals surface area (Å²) in [5, 5.41) is 17.3. The third-order valence-electron chi connectivity index (χ3n) is 4.29. The molecule has 132 valence electrons. The van der Waals surface area contributed by atoms with Crippen LogP contribution in [0.2, 0.25) is 0 Å². The zero-order chi connectivity index (χ0) is 16.2. The fraction of sp³-hybridized carbons (Fsp3) is 0.562. The van der Waals surface area contributed by atoms with Gasteiger partial charge >= 0.3 is 0 Å². The molecular formula is C16H24ClN5OS. The molecule has 8 heteroatoms. The van der Waals surface area contributed by atoms with Gasteiger partial charge in [0.05, 0.1) is 5.69 Å². The minimum Gasteiger partial charge on any atom is -0.361 e. The van der Waals surface area contributed by atoms with Crippen LogP contribution in [0.4, 0.5) is 0 Å². The smallest absolute Gasteiger partial charge is 0.191 e.